The van der Waals surface area contributed by atoms with E-state index in [4.69, 9.17) is 10.5 Å². The van der Waals surface area contributed by atoms with Crippen molar-refractivity contribution in [2.24, 2.45) is 5.73 Å². The van der Waals surface area contributed by atoms with Crippen LogP contribution in [0.2, 0.25) is 0 Å². The maximum Gasteiger partial charge on any atom is 0.238 e. The zero-order valence-corrected chi connectivity index (χ0v) is 9.05. The van der Waals surface area contributed by atoms with Gasteiger partial charge in [-0.3, -0.25) is 0 Å². The van der Waals surface area contributed by atoms with Gasteiger partial charge in [0.25, 0.3) is 0 Å². The molecule has 0 radical (unpaired) electrons. The molecule has 0 bridgehead atoms. The average Bonchev–Trinajstić information content (AvgIpc) is 2.30. The second-order valence-electron chi connectivity index (χ2n) is 3.49. The van der Waals surface area contributed by atoms with Crippen LogP contribution < -0.4 is 10.5 Å². The summed E-state index contributed by atoms with van der Waals surface area (Å²) in [5.74, 6) is 1.23. The van der Waals surface area contributed by atoms with Crippen LogP contribution in [-0.4, -0.2) is 10.2 Å². The second-order valence-corrected chi connectivity index (χ2v) is 3.49. The van der Waals surface area contributed by atoms with Crippen LogP contribution in [-0.2, 0) is 6.54 Å². The molecule has 1 aromatic carbocycles. The van der Waals surface area contributed by atoms with Crippen LogP contribution in [0.3, 0.4) is 0 Å². The Morgan fingerprint density at radius 3 is 2.69 bits per heavy atom. The molecule has 2 rings (SSSR count). The lowest BCUT2D eigenvalue weighted by atomic mass is 10.2. The fraction of sp³-hybridized carbons (Fsp3) is 0.167. The van der Waals surface area contributed by atoms with Gasteiger partial charge >= 0.3 is 0 Å². The number of aromatic nitrogens is 2. The molecule has 0 amide bonds. The Kier molecular flexibility index (Phi) is 3.12. The second kappa shape index (κ2) is 4.72. The fourth-order valence-corrected chi connectivity index (χ4v) is 1.31. The van der Waals surface area contributed by atoms with Crippen molar-refractivity contribution in [2.75, 3.05) is 0 Å². The minimum Gasteiger partial charge on any atom is -0.438 e. The van der Waals surface area contributed by atoms with Gasteiger partial charge in [-0.1, -0.05) is 12.1 Å². The Labute approximate surface area is 94.1 Å². The lowest BCUT2D eigenvalue weighted by molar-refractivity contribution is 0.453. The fourth-order valence-electron chi connectivity index (χ4n) is 1.31. The maximum atomic E-state index is 5.54. The first-order valence-electron chi connectivity index (χ1n) is 5.05. The van der Waals surface area contributed by atoms with Crippen molar-refractivity contribution in [3.05, 3.63) is 47.7 Å². The van der Waals surface area contributed by atoms with Crippen molar-refractivity contribution in [1.29, 1.82) is 0 Å². The highest BCUT2D eigenvalue weighted by atomic mass is 16.5. The lowest BCUT2D eigenvalue weighted by Gasteiger charge is -2.04. The van der Waals surface area contributed by atoms with Gasteiger partial charge in [-0.25, -0.2) is 0 Å². The molecule has 0 aliphatic carbocycles. The van der Waals surface area contributed by atoms with Crippen molar-refractivity contribution in [2.45, 2.75) is 13.5 Å². The quantitative estimate of drug-likeness (QED) is 0.851. The lowest BCUT2D eigenvalue weighted by Crippen LogP contribution is -2.01. The largest absolute Gasteiger partial charge is 0.438 e. The first-order valence-corrected chi connectivity index (χ1v) is 5.05. The number of ether oxygens (including phenoxy) is 1. The van der Waals surface area contributed by atoms with E-state index >= 15 is 0 Å². The zero-order chi connectivity index (χ0) is 11.4. The summed E-state index contributed by atoms with van der Waals surface area (Å²) in [7, 11) is 0. The molecule has 2 aromatic rings. The zero-order valence-electron chi connectivity index (χ0n) is 9.05. The van der Waals surface area contributed by atoms with Gasteiger partial charge in [-0.15, -0.1) is 5.10 Å². The molecule has 4 nitrogen and oxygen atoms in total. The van der Waals surface area contributed by atoms with Crippen molar-refractivity contribution < 1.29 is 4.74 Å². The topological polar surface area (TPSA) is 61.0 Å². The number of nitrogens with zero attached hydrogens (tertiary/aromatic N) is 2. The molecule has 0 aliphatic rings. The molecule has 1 heterocycles. The molecule has 0 fully saturated rings. The molecular weight excluding hydrogens is 202 g/mol. The summed E-state index contributed by atoms with van der Waals surface area (Å²) in [6.45, 7) is 2.40. The van der Waals surface area contributed by atoms with Crippen molar-refractivity contribution in [3.8, 4) is 11.6 Å². The van der Waals surface area contributed by atoms with E-state index in [0.29, 0.717) is 12.4 Å². The van der Waals surface area contributed by atoms with E-state index in [0.717, 1.165) is 17.0 Å². The maximum absolute atomic E-state index is 5.54. The minimum atomic E-state index is 0.387. The van der Waals surface area contributed by atoms with Crippen LogP contribution in [0.15, 0.2) is 36.4 Å². The summed E-state index contributed by atoms with van der Waals surface area (Å²) in [5.41, 5.74) is 7.32. The number of nitrogens with two attached hydrogens (primary N) is 1. The van der Waals surface area contributed by atoms with Crippen LogP contribution in [0.4, 0.5) is 0 Å². The van der Waals surface area contributed by atoms with Gasteiger partial charge in [0.15, 0.2) is 0 Å². The number of hydrogen-bond donors (Lipinski definition) is 1. The number of aryl methyl sites for hydroxylation is 1. The summed E-state index contributed by atoms with van der Waals surface area (Å²) in [4.78, 5) is 0. The van der Waals surface area contributed by atoms with Gasteiger partial charge in [-0.05, 0) is 30.7 Å². The van der Waals surface area contributed by atoms with Crippen LogP contribution in [0, 0.1) is 6.92 Å². The van der Waals surface area contributed by atoms with Crippen LogP contribution in [0.25, 0.3) is 0 Å². The van der Waals surface area contributed by atoms with Gasteiger partial charge in [-0.2, -0.15) is 5.10 Å². The summed E-state index contributed by atoms with van der Waals surface area (Å²) >= 11 is 0. The van der Waals surface area contributed by atoms with Crippen LogP contribution in [0.5, 0.6) is 11.6 Å². The standard InChI is InChI=1S/C12H13N3O/c1-9-3-2-4-11(7-9)16-12-6-5-10(8-13)14-15-12/h2-7H,8,13H2,1H3. The molecule has 0 saturated heterocycles. The molecule has 16 heavy (non-hydrogen) atoms. The van der Waals surface area contributed by atoms with Gasteiger partial charge in [0, 0.05) is 12.6 Å². The summed E-state index contributed by atoms with van der Waals surface area (Å²) in [5, 5.41) is 7.84. The smallest absolute Gasteiger partial charge is 0.238 e. The molecule has 0 atom stereocenters. The monoisotopic (exact) mass is 215 g/mol. The molecule has 82 valence electrons. The molecule has 0 unspecified atom stereocenters. The van der Waals surface area contributed by atoms with Gasteiger partial charge in [0.2, 0.25) is 5.88 Å². The molecule has 0 spiro atoms. The Bertz CT molecular complexity index is 468. The first kappa shape index (κ1) is 10.6. The van der Waals surface area contributed by atoms with E-state index in [9.17, 15) is 0 Å². The summed E-state index contributed by atoms with van der Waals surface area (Å²) < 4.78 is 5.54. The van der Waals surface area contributed by atoms with E-state index in [1.807, 2.05) is 31.2 Å². The van der Waals surface area contributed by atoms with E-state index in [1.165, 1.54) is 0 Å². The third-order valence-electron chi connectivity index (χ3n) is 2.12. The third-order valence-corrected chi connectivity index (χ3v) is 2.12. The molecule has 1 aromatic heterocycles. The Hall–Kier alpha value is -1.94. The van der Waals surface area contributed by atoms with Crippen molar-refractivity contribution in [3.63, 3.8) is 0 Å². The Morgan fingerprint density at radius 1 is 1.19 bits per heavy atom. The predicted molar refractivity (Wildman–Crippen MR) is 61.2 cm³/mol. The molecular formula is C12H13N3O. The molecule has 0 saturated carbocycles. The van der Waals surface area contributed by atoms with E-state index < -0.39 is 0 Å². The average molecular weight is 215 g/mol. The number of hydrogen-bond acceptors (Lipinski definition) is 4. The van der Waals surface area contributed by atoms with Gasteiger partial charge in [0.05, 0.1) is 5.69 Å². The van der Waals surface area contributed by atoms with Crippen LogP contribution in [0.1, 0.15) is 11.3 Å². The van der Waals surface area contributed by atoms with E-state index in [-0.39, 0.29) is 0 Å². The Balaban J connectivity index is 2.14. The van der Waals surface area contributed by atoms with E-state index in [2.05, 4.69) is 10.2 Å². The highest BCUT2D eigenvalue weighted by molar-refractivity contribution is 5.30. The normalized spacial score (nSPS) is 10.1. The highest BCUT2D eigenvalue weighted by Gasteiger charge is 1.99. The molecule has 2 N–H and O–H groups in total. The van der Waals surface area contributed by atoms with Gasteiger partial charge < -0.3 is 10.5 Å². The summed E-state index contributed by atoms with van der Waals surface area (Å²) in [6, 6.07) is 11.3. The number of rotatable bonds is 3. The third kappa shape index (κ3) is 2.55. The van der Waals surface area contributed by atoms with E-state index in [1.54, 1.807) is 12.1 Å². The molecule has 4 heteroatoms. The van der Waals surface area contributed by atoms with Crippen LogP contribution >= 0.6 is 0 Å². The highest BCUT2D eigenvalue weighted by Crippen LogP contribution is 2.19. The summed E-state index contributed by atoms with van der Waals surface area (Å²) in [6.07, 6.45) is 0. The molecule has 0 aliphatic heterocycles. The SMILES string of the molecule is Cc1cccc(Oc2ccc(CN)nn2)c1. The number of benzene rings is 1. The van der Waals surface area contributed by atoms with Gasteiger partial charge in [0.1, 0.15) is 5.75 Å². The Morgan fingerprint density at radius 2 is 2.06 bits per heavy atom. The first-order chi connectivity index (χ1) is 7.78. The van der Waals surface area contributed by atoms with Crippen molar-refractivity contribution in [1.82, 2.24) is 10.2 Å². The predicted octanol–water partition coefficient (Wildman–Crippen LogP) is 2.04. The minimum absolute atomic E-state index is 0.387. The van der Waals surface area contributed by atoms with Crippen molar-refractivity contribution >= 4 is 0 Å².